The average Bonchev–Trinajstić information content (AvgIpc) is 3.61. The van der Waals surface area contributed by atoms with Crippen LogP contribution in [-0.2, 0) is 16.1 Å². The molecule has 3 aromatic carbocycles. The summed E-state index contributed by atoms with van der Waals surface area (Å²) in [5.74, 6) is 0.505. The third-order valence-corrected chi connectivity index (χ3v) is 10.2. The molecule has 10 heteroatoms. The lowest BCUT2D eigenvalue weighted by Gasteiger charge is -2.32. The van der Waals surface area contributed by atoms with Crippen LogP contribution in [0.25, 0.3) is 10.8 Å². The fourth-order valence-electron chi connectivity index (χ4n) is 8.13. The lowest BCUT2D eigenvalue weighted by molar-refractivity contribution is -0.133. The molecule has 4 saturated heterocycles. The fraction of sp³-hybridized carbons (Fsp3) is 0.486. The summed E-state index contributed by atoms with van der Waals surface area (Å²) in [5.41, 5.74) is 2.26. The number of carbonyl (C=O) groups excluding carboxylic acids is 2. The number of phenolic OH excluding ortho intramolecular Hbond substituents is 1. The van der Waals surface area contributed by atoms with E-state index in [1.54, 1.807) is 12.1 Å². The number of ether oxygens (including phenoxy) is 2. The van der Waals surface area contributed by atoms with E-state index in [1.165, 1.54) is 4.90 Å². The second-order valence-corrected chi connectivity index (χ2v) is 13.0. The van der Waals surface area contributed by atoms with Crippen LogP contribution >= 0.6 is 0 Å². The minimum absolute atomic E-state index is 0.00378. The third-order valence-electron chi connectivity index (χ3n) is 10.2. The molecule has 0 radical (unpaired) electrons. The standard InChI is InChI=1S/C35H43N5O5/c1-4-45-32-12-9-24(19-31(32)41)21-38-22-25-20-30(28-10-11-29(36(2)3)27-8-6-5-7-26(27)28)40-34(43)39(33(42)35(25,40)23-38)14-13-37-15-17-44-18-16-37/h5-12,19,25,30,41H,4,13-18,20-23H2,1-3H3/t25-,30-,35+/m1/s1. The van der Waals surface area contributed by atoms with Gasteiger partial charge in [0.15, 0.2) is 11.5 Å². The van der Waals surface area contributed by atoms with E-state index in [0.29, 0.717) is 58.3 Å². The summed E-state index contributed by atoms with van der Waals surface area (Å²) in [6.07, 6.45) is 0.727. The highest BCUT2D eigenvalue weighted by Gasteiger charge is 2.70. The van der Waals surface area contributed by atoms with Crippen molar-refractivity contribution in [1.82, 2.24) is 19.6 Å². The molecule has 0 saturated carbocycles. The number of likely N-dealkylation sites (tertiary alicyclic amines) is 1. The van der Waals surface area contributed by atoms with E-state index in [9.17, 15) is 14.7 Å². The lowest BCUT2D eigenvalue weighted by atomic mass is 9.87. The highest BCUT2D eigenvalue weighted by atomic mass is 16.5. The van der Waals surface area contributed by atoms with E-state index >= 15 is 0 Å². The maximum atomic E-state index is 14.6. The number of fused-ring (bicyclic) bond motifs is 1. The van der Waals surface area contributed by atoms with Crippen molar-refractivity contribution in [2.24, 2.45) is 5.92 Å². The van der Waals surface area contributed by atoms with E-state index in [-0.39, 0.29) is 29.6 Å². The number of hydrogen-bond acceptors (Lipinski definition) is 8. The van der Waals surface area contributed by atoms with Crippen molar-refractivity contribution in [2.45, 2.75) is 31.5 Å². The summed E-state index contributed by atoms with van der Waals surface area (Å²) in [5, 5.41) is 12.8. The summed E-state index contributed by atoms with van der Waals surface area (Å²) in [6, 6.07) is 17.8. The van der Waals surface area contributed by atoms with Gasteiger partial charge in [0, 0.05) is 76.9 Å². The Bertz CT molecular complexity index is 1610. The molecule has 1 N–H and O–H groups in total. The Morgan fingerprint density at radius 2 is 1.78 bits per heavy atom. The molecule has 7 rings (SSSR count). The number of amides is 3. The van der Waals surface area contributed by atoms with Gasteiger partial charge in [0.2, 0.25) is 0 Å². The molecule has 4 fully saturated rings. The van der Waals surface area contributed by atoms with E-state index in [1.807, 2.05) is 32.0 Å². The second-order valence-electron chi connectivity index (χ2n) is 13.0. The molecule has 3 aromatic rings. The first-order valence-electron chi connectivity index (χ1n) is 16.1. The molecule has 10 nitrogen and oxygen atoms in total. The Kier molecular flexibility index (Phi) is 7.83. The Morgan fingerprint density at radius 3 is 2.51 bits per heavy atom. The topological polar surface area (TPSA) is 89.0 Å². The molecule has 4 heterocycles. The number of rotatable bonds is 9. The van der Waals surface area contributed by atoms with Gasteiger partial charge < -0.3 is 24.4 Å². The lowest BCUT2D eigenvalue weighted by Crippen LogP contribution is -2.51. The molecule has 238 valence electrons. The Balaban J connectivity index is 1.22. The van der Waals surface area contributed by atoms with Crippen LogP contribution in [0.15, 0.2) is 54.6 Å². The zero-order chi connectivity index (χ0) is 31.3. The van der Waals surface area contributed by atoms with Gasteiger partial charge in [-0.25, -0.2) is 4.79 Å². The highest BCUT2D eigenvalue weighted by Crippen LogP contribution is 2.56. The second kappa shape index (κ2) is 11.8. The van der Waals surface area contributed by atoms with Gasteiger partial charge in [0.1, 0.15) is 5.54 Å². The van der Waals surface area contributed by atoms with Crippen LogP contribution in [0.4, 0.5) is 10.5 Å². The van der Waals surface area contributed by atoms with Gasteiger partial charge in [-0.15, -0.1) is 0 Å². The van der Waals surface area contributed by atoms with Crippen molar-refractivity contribution in [3.63, 3.8) is 0 Å². The van der Waals surface area contributed by atoms with E-state index in [2.05, 4.69) is 51.1 Å². The number of phenols is 1. The van der Waals surface area contributed by atoms with Gasteiger partial charge in [-0.1, -0.05) is 36.4 Å². The van der Waals surface area contributed by atoms with Gasteiger partial charge in [-0.05, 0) is 48.1 Å². The molecule has 3 amide bonds. The van der Waals surface area contributed by atoms with E-state index < -0.39 is 5.54 Å². The molecule has 0 aromatic heterocycles. The van der Waals surface area contributed by atoms with Crippen LogP contribution in [0.2, 0.25) is 0 Å². The quantitative estimate of drug-likeness (QED) is 0.364. The molecule has 45 heavy (non-hydrogen) atoms. The SMILES string of the molecule is CCOc1ccc(CN2C[C@H]3C[C@H](c4ccc(N(C)C)c5ccccc45)N4C(=O)N(CCN5CCOCC5)C(=O)[C@]34C2)cc1O. The first-order valence-corrected chi connectivity index (χ1v) is 16.1. The van der Waals surface area contributed by atoms with Crippen LogP contribution in [0.3, 0.4) is 0 Å². The number of hydrogen-bond donors (Lipinski definition) is 1. The van der Waals surface area contributed by atoms with Crippen LogP contribution in [-0.4, -0.2) is 115 Å². The number of nitrogens with zero attached hydrogens (tertiary/aromatic N) is 5. The number of anilines is 1. The molecule has 4 aliphatic rings. The van der Waals surface area contributed by atoms with Crippen LogP contribution < -0.4 is 9.64 Å². The van der Waals surface area contributed by atoms with Gasteiger partial charge in [-0.3, -0.25) is 19.5 Å². The predicted molar refractivity (Wildman–Crippen MR) is 173 cm³/mol. The third kappa shape index (κ3) is 4.99. The van der Waals surface area contributed by atoms with Gasteiger partial charge in [0.25, 0.3) is 5.91 Å². The monoisotopic (exact) mass is 613 g/mol. The molecule has 0 unspecified atom stereocenters. The first kappa shape index (κ1) is 29.8. The maximum Gasteiger partial charge on any atom is 0.328 e. The number of aromatic hydroxyl groups is 1. The van der Waals surface area contributed by atoms with Gasteiger partial charge in [0.05, 0.1) is 25.9 Å². The largest absolute Gasteiger partial charge is 0.504 e. The molecular weight excluding hydrogens is 570 g/mol. The van der Waals surface area contributed by atoms with E-state index in [4.69, 9.17) is 9.47 Å². The summed E-state index contributed by atoms with van der Waals surface area (Å²) in [6.45, 7) is 8.10. The number of imide groups is 1. The van der Waals surface area contributed by atoms with Crippen molar-refractivity contribution < 1.29 is 24.2 Å². The van der Waals surface area contributed by atoms with Crippen LogP contribution in [0, 0.1) is 5.92 Å². The molecule has 3 atom stereocenters. The summed E-state index contributed by atoms with van der Waals surface area (Å²) < 4.78 is 11.0. The molecule has 0 aliphatic carbocycles. The van der Waals surface area contributed by atoms with Crippen LogP contribution in [0.5, 0.6) is 11.5 Å². The van der Waals surface area contributed by atoms with E-state index in [0.717, 1.165) is 47.1 Å². The van der Waals surface area contributed by atoms with Crippen molar-refractivity contribution in [3.8, 4) is 11.5 Å². The Hall–Kier alpha value is -3.86. The summed E-state index contributed by atoms with van der Waals surface area (Å²) in [4.78, 5) is 39.1. The van der Waals surface area contributed by atoms with Crippen molar-refractivity contribution >= 4 is 28.4 Å². The maximum absolute atomic E-state index is 14.6. The minimum atomic E-state index is -0.915. The zero-order valence-electron chi connectivity index (χ0n) is 26.4. The average molecular weight is 614 g/mol. The summed E-state index contributed by atoms with van der Waals surface area (Å²) >= 11 is 0. The first-order chi connectivity index (χ1) is 21.8. The zero-order valence-corrected chi connectivity index (χ0v) is 26.4. The minimum Gasteiger partial charge on any atom is -0.504 e. The van der Waals surface area contributed by atoms with Gasteiger partial charge in [-0.2, -0.15) is 0 Å². The number of carbonyl (C=O) groups is 2. The Labute approximate surface area is 264 Å². The Morgan fingerprint density at radius 1 is 1.00 bits per heavy atom. The fourth-order valence-corrected chi connectivity index (χ4v) is 8.13. The van der Waals surface area contributed by atoms with Gasteiger partial charge >= 0.3 is 6.03 Å². The summed E-state index contributed by atoms with van der Waals surface area (Å²) in [7, 11) is 4.09. The number of benzene rings is 3. The molecule has 1 spiro atoms. The number of urea groups is 1. The number of morpholine rings is 1. The molecule has 4 aliphatic heterocycles. The van der Waals surface area contributed by atoms with Crippen molar-refractivity contribution in [2.75, 3.05) is 78.1 Å². The highest BCUT2D eigenvalue weighted by molar-refractivity contribution is 6.09. The molecule has 0 bridgehead atoms. The van der Waals surface area contributed by atoms with Crippen molar-refractivity contribution in [3.05, 3.63) is 65.7 Å². The molecular formula is C35H43N5O5. The normalized spacial score (nSPS) is 25.3. The smallest absolute Gasteiger partial charge is 0.328 e. The predicted octanol–water partition coefficient (Wildman–Crippen LogP) is 3.92. The van der Waals surface area contributed by atoms with Crippen LogP contribution in [0.1, 0.15) is 30.5 Å². The van der Waals surface area contributed by atoms with Crippen molar-refractivity contribution in [1.29, 1.82) is 0 Å².